The highest BCUT2D eigenvalue weighted by atomic mass is 32.2. The third kappa shape index (κ3) is 6.62. The average molecular weight is 553 g/mol. The first-order valence-electron chi connectivity index (χ1n) is 13.2. The van der Waals surface area contributed by atoms with Crippen molar-refractivity contribution in [2.75, 3.05) is 38.7 Å². The summed E-state index contributed by atoms with van der Waals surface area (Å²) < 4.78 is 25.6. The highest BCUT2D eigenvalue weighted by molar-refractivity contribution is 7.99. The molecule has 5 rings (SSSR count). The van der Waals surface area contributed by atoms with Crippen LogP contribution in [0.2, 0.25) is 0 Å². The Labute approximate surface area is 231 Å². The number of halogens is 1. The number of piperazine rings is 1. The molecule has 8 nitrogen and oxygen atoms in total. The first-order chi connectivity index (χ1) is 18.9. The van der Waals surface area contributed by atoms with E-state index in [-0.39, 0.29) is 24.1 Å². The van der Waals surface area contributed by atoms with Crippen LogP contribution in [0.25, 0.3) is 0 Å². The summed E-state index contributed by atoms with van der Waals surface area (Å²) in [5.41, 5.74) is 3.24. The van der Waals surface area contributed by atoms with Crippen LogP contribution >= 0.6 is 11.8 Å². The number of benzene rings is 2. The zero-order valence-corrected chi connectivity index (χ0v) is 23.1. The standard InChI is InChI=1S/C29H33FN4O4S/c1-20-24(16-21-5-8-23(30)9-6-21)28(36)32(2)29(31-20)39-15-3-4-27(35)34-13-11-33(12-14-34)18-22-7-10-25-26(17-22)38-19-37-25/h5-10,17H,3-4,11-16,18-19H2,1-2H3. The van der Waals surface area contributed by atoms with Crippen molar-refractivity contribution in [1.82, 2.24) is 19.4 Å². The van der Waals surface area contributed by atoms with E-state index in [0.29, 0.717) is 41.4 Å². The molecule has 0 saturated carbocycles. The van der Waals surface area contributed by atoms with Gasteiger partial charge in [0.25, 0.3) is 5.56 Å². The van der Waals surface area contributed by atoms with Crippen LogP contribution < -0.4 is 15.0 Å². The third-order valence-corrected chi connectivity index (χ3v) is 8.29. The monoisotopic (exact) mass is 552 g/mol. The number of nitrogens with zero attached hydrogens (tertiary/aromatic N) is 4. The summed E-state index contributed by atoms with van der Waals surface area (Å²) in [6.45, 7) is 6.05. The maximum absolute atomic E-state index is 13.2. The van der Waals surface area contributed by atoms with Crippen LogP contribution in [-0.2, 0) is 24.8 Å². The SMILES string of the molecule is Cc1nc(SCCCC(=O)N2CCN(Cc3ccc4c(c3)OCO4)CC2)n(C)c(=O)c1Cc1ccc(F)cc1. The van der Waals surface area contributed by atoms with E-state index in [1.807, 2.05) is 24.0 Å². The number of fused-ring (bicyclic) bond motifs is 1. The van der Waals surface area contributed by atoms with Crippen molar-refractivity contribution in [3.8, 4) is 11.5 Å². The Kier molecular flexibility index (Phi) is 8.52. The van der Waals surface area contributed by atoms with Crippen LogP contribution in [0.4, 0.5) is 4.39 Å². The van der Waals surface area contributed by atoms with Crippen molar-refractivity contribution in [2.24, 2.45) is 7.05 Å². The van der Waals surface area contributed by atoms with E-state index >= 15 is 0 Å². The molecule has 2 aliphatic rings. The van der Waals surface area contributed by atoms with Crippen LogP contribution in [0.3, 0.4) is 0 Å². The van der Waals surface area contributed by atoms with E-state index in [1.54, 1.807) is 23.7 Å². The summed E-state index contributed by atoms with van der Waals surface area (Å²) in [4.78, 5) is 34.7. The van der Waals surface area contributed by atoms with Gasteiger partial charge in [0.15, 0.2) is 16.7 Å². The number of carbonyl (C=O) groups excluding carboxylic acids is 1. The molecule has 0 N–H and O–H groups in total. The van der Waals surface area contributed by atoms with Crippen molar-refractivity contribution in [3.05, 3.63) is 81.0 Å². The zero-order valence-electron chi connectivity index (χ0n) is 22.3. The van der Waals surface area contributed by atoms with Gasteiger partial charge in [-0.25, -0.2) is 9.37 Å². The summed E-state index contributed by atoms with van der Waals surface area (Å²) in [5, 5.41) is 0.643. The van der Waals surface area contributed by atoms with Gasteiger partial charge >= 0.3 is 0 Å². The first kappa shape index (κ1) is 27.2. The molecule has 2 aromatic carbocycles. The molecular formula is C29H33FN4O4S. The molecule has 0 bridgehead atoms. The molecule has 206 valence electrons. The van der Waals surface area contributed by atoms with E-state index in [0.717, 1.165) is 49.8 Å². The Morgan fingerprint density at radius 2 is 1.74 bits per heavy atom. The molecule has 0 aliphatic carbocycles. The predicted octanol–water partition coefficient (Wildman–Crippen LogP) is 3.76. The van der Waals surface area contributed by atoms with Crippen LogP contribution in [0.5, 0.6) is 11.5 Å². The van der Waals surface area contributed by atoms with Crippen molar-refractivity contribution >= 4 is 17.7 Å². The Bertz CT molecular complexity index is 1390. The summed E-state index contributed by atoms with van der Waals surface area (Å²) in [5.74, 6) is 2.16. The van der Waals surface area contributed by atoms with Gasteiger partial charge in [0.2, 0.25) is 12.7 Å². The predicted molar refractivity (Wildman–Crippen MR) is 148 cm³/mol. The van der Waals surface area contributed by atoms with E-state index in [9.17, 15) is 14.0 Å². The van der Waals surface area contributed by atoms with Crippen LogP contribution in [0.1, 0.15) is 35.2 Å². The molecular weight excluding hydrogens is 519 g/mol. The van der Waals surface area contributed by atoms with Crippen molar-refractivity contribution in [2.45, 2.75) is 37.9 Å². The highest BCUT2D eigenvalue weighted by Crippen LogP contribution is 2.33. The van der Waals surface area contributed by atoms with Gasteiger partial charge in [-0.1, -0.05) is 30.0 Å². The Balaban J connectivity index is 1.06. The Morgan fingerprint density at radius 3 is 2.51 bits per heavy atom. The van der Waals surface area contributed by atoms with Crippen LogP contribution in [-0.4, -0.2) is 64.0 Å². The largest absolute Gasteiger partial charge is 0.454 e. The number of ether oxygens (including phenoxy) is 2. The van der Waals surface area contributed by atoms with Gasteiger partial charge < -0.3 is 14.4 Å². The molecule has 0 spiro atoms. The molecule has 0 radical (unpaired) electrons. The fraction of sp³-hybridized carbons (Fsp3) is 0.414. The van der Waals surface area contributed by atoms with E-state index in [1.165, 1.54) is 29.5 Å². The minimum Gasteiger partial charge on any atom is -0.454 e. The summed E-state index contributed by atoms with van der Waals surface area (Å²) >= 11 is 1.50. The highest BCUT2D eigenvalue weighted by Gasteiger charge is 2.22. The van der Waals surface area contributed by atoms with E-state index < -0.39 is 0 Å². The second kappa shape index (κ2) is 12.2. The Morgan fingerprint density at radius 1 is 1.03 bits per heavy atom. The van der Waals surface area contributed by atoms with Crippen molar-refractivity contribution < 1.29 is 18.7 Å². The molecule has 1 amide bonds. The van der Waals surface area contributed by atoms with Gasteiger partial charge in [-0.15, -0.1) is 0 Å². The maximum Gasteiger partial charge on any atom is 0.257 e. The van der Waals surface area contributed by atoms with E-state index in [2.05, 4.69) is 16.0 Å². The van der Waals surface area contributed by atoms with Gasteiger partial charge in [0.05, 0.1) is 0 Å². The number of rotatable bonds is 9. The molecule has 0 atom stereocenters. The van der Waals surface area contributed by atoms with Gasteiger partial charge in [0, 0.05) is 69.6 Å². The molecule has 39 heavy (non-hydrogen) atoms. The lowest BCUT2D eigenvalue weighted by Crippen LogP contribution is -2.48. The van der Waals surface area contributed by atoms with Crippen molar-refractivity contribution in [3.63, 3.8) is 0 Å². The third-order valence-electron chi connectivity index (χ3n) is 7.18. The van der Waals surface area contributed by atoms with E-state index in [4.69, 9.17) is 9.47 Å². The number of amides is 1. The number of hydrogen-bond acceptors (Lipinski definition) is 7. The lowest BCUT2D eigenvalue weighted by Gasteiger charge is -2.34. The minimum absolute atomic E-state index is 0.0935. The number of aryl methyl sites for hydroxylation is 1. The fourth-order valence-electron chi connectivity index (χ4n) is 4.87. The number of hydrogen-bond donors (Lipinski definition) is 0. The molecule has 2 aliphatic heterocycles. The number of aromatic nitrogens is 2. The zero-order chi connectivity index (χ0) is 27.4. The normalized spacial score (nSPS) is 15.1. The van der Waals surface area contributed by atoms with Crippen LogP contribution in [0.15, 0.2) is 52.4 Å². The van der Waals surface area contributed by atoms with Crippen molar-refractivity contribution in [1.29, 1.82) is 0 Å². The molecule has 10 heteroatoms. The first-order valence-corrected chi connectivity index (χ1v) is 14.2. The molecule has 1 saturated heterocycles. The molecule has 3 heterocycles. The number of carbonyl (C=O) groups is 1. The fourth-order valence-corrected chi connectivity index (χ4v) is 5.82. The minimum atomic E-state index is -0.299. The molecule has 1 aromatic heterocycles. The molecule has 3 aromatic rings. The van der Waals surface area contributed by atoms with Gasteiger partial charge in [-0.3, -0.25) is 19.1 Å². The summed E-state index contributed by atoms with van der Waals surface area (Å²) in [6.07, 6.45) is 1.60. The average Bonchev–Trinajstić information content (AvgIpc) is 3.41. The molecule has 0 unspecified atom stereocenters. The lowest BCUT2D eigenvalue weighted by molar-refractivity contribution is -0.133. The topological polar surface area (TPSA) is 76.9 Å². The second-order valence-electron chi connectivity index (χ2n) is 9.92. The summed E-state index contributed by atoms with van der Waals surface area (Å²) in [7, 11) is 1.72. The number of thioether (sulfide) groups is 1. The quantitative estimate of drug-likeness (QED) is 0.227. The Hall–Kier alpha value is -3.37. The lowest BCUT2D eigenvalue weighted by atomic mass is 10.1. The van der Waals surface area contributed by atoms with Gasteiger partial charge in [-0.2, -0.15) is 0 Å². The van der Waals surface area contributed by atoms with Gasteiger partial charge in [0.1, 0.15) is 5.82 Å². The maximum atomic E-state index is 13.2. The van der Waals surface area contributed by atoms with Gasteiger partial charge in [-0.05, 0) is 48.7 Å². The summed E-state index contributed by atoms with van der Waals surface area (Å²) in [6, 6.07) is 12.2. The van der Waals surface area contributed by atoms with Crippen LogP contribution in [0, 0.1) is 12.7 Å². The second-order valence-corrected chi connectivity index (χ2v) is 11.0. The smallest absolute Gasteiger partial charge is 0.257 e. The molecule has 1 fully saturated rings.